The van der Waals surface area contributed by atoms with Crippen LogP contribution in [0.2, 0.25) is 0 Å². The molecule has 7 heteroatoms. The van der Waals surface area contributed by atoms with E-state index in [4.69, 9.17) is 4.74 Å². The third-order valence-corrected chi connectivity index (χ3v) is 3.64. The summed E-state index contributed by atoms with van der Waals surface area (Å²) in [5.41, 5.74) is 0.593. The van der Waals surface area contributed by atoms with Gasteiger partial charge in [0, 0.05) is 12.3 Å². The Morgan fingerprint density at radius 3 is 2.69 bits per heavy atom. The third-order valence-electron chi connectivity index (χ3n) is 3.64. The number of fused-ring (bicyclic) bond motifs is 1. The van der Waals surface area contributed by atoms with Gasteiger partial charge in [-0.25, -0.2) is 19.2 Å². The zero-order valence-electron chi connectivity index (χ0n) is 15.2. The highest BCUT2D eigenvalue weighted by molar-refractivity contribution is 5.78. The van der Waals surface area contributed by atoms with Crippen LogP contribution in [0.5, 0.6) is 0 Å². The van der Waals surface area contributed by atoms with Crippen molar-refractivity contribution in [3.05, 3.63) is 54.2 Å². The molecule has 2 aromatic heterocycles. The number of nitrogens with zero attached hydrogens (tertiary/aromatic N) is 3. The monoisotopic (exact) mass is 356 g/mol. The Morgan fingerprint density at radius 2 is 2.04 bits per heavy atom. The first-order valence-electron chi connectivity index (χ1n) is 8.33. The average molecular weight is 356 g/mol. The SMILES string of the molecule is C[C@H](NC(=O)OC(C)(C)C)c1nc2ccc(F)cc2n1-c1ccccn1. The van der Waals surface area contributed by atoms with E-state index in [1.54, 1.807) is 56.7 Å². The third kappa shape index (κ3) is 3.82. The van der Waals surface area contributed by atoms with Crippen molar-refractivity contribution < 1.29 is 13.9 Å². The van der Waals surface area contributed by atoms with Crippen LogP contribution in [0, 0.1) is 5.82 Å². The van der Waals surface area contributed by atoms with Gasteiger partial charge < -0.3 is 10.1 Å². The molecule has 0 aliphatic heterocycles. The van der Waals surface area contributed by atoms with Crippen LogP contribution in [0.3, 0.4) is 0 Å². The van der Waals surface area contributed by atoms with Crippen LogP contribution in [-0.2, 0) is 4.74 Å². The van der Waals surface area contributed by atoms with Gasteiger partial charge in [0.05, 0.1) is 17.1 Å². The molecule has 0 bridgehead atoms. The molecule has 136 valence electrons. The van der Waals surface area contributed by atoms with Crippen molar-refractivity contribution in [1.29, 1.82) is 0 Å². The number of hydrogen-bond acceptors (Lipinski definition) is 4. The topological polar surface area (TPSA) is 69.0 Å². The fourth-order valence-corrected chi connectivity index (χ4v) is 2.63. The molecule has 1 amide bonds. The molecular weight excluding hydrogens is 335 g/mol. The van der Waals surface area contributed by atoms with Crippen molar-refractivity contribution in [2.24, 2.45) is 0 Å². The van der Waals surface area contributed by atoms with Crippen LogP contribution < -0.4 is 5.32 Å². The molecule has 1 aromatic carbocycles. The summed E-state index contributed by atoms with van der Waals surface area (Å²) >= 11 is 0. The second kappa shape index (κ2) is 6.74. The summed E-state index contributed by atoms with van der Waals surface area (Å²) in [7, 11) is 0. The summed E-state index contributed by atoms with van der Waals surface area (Å²) in [6.45, 7) is 7.18. The summed E-state index contributed by atoms with van der Waals surface area (Å²) < 4.78 is 20.8. The number of rotatable bonds is 3. The molecule has 1 N–H and O–H groups in total. The number of nitrogens with one attached hydrogen (secondary N) is 1. The number of aromatic nitrogens is 3. The van der Waals surface area contributed by atoms with Crippen molar-refractivity contribution >= 4 is 17.1 Å². The van der Waals surface area contributed by atoms with E-state index >= 15 is 0 Å². The molecule has 3 rings (SSSR count). The van der Waals surface area contributed by atoms with Gasteiger partial charge in [0.25, 0.3) is 0 Å². The van der Waals surface area contributed by atoms with E-state index in [-0.39, 0.29) is 5.82 Å². The number of pyridine rings is 1. The summed E-state index contributed by atoms with van der Waals surface area (Å²) in [5.74, 6) is 0.762. The molecule has 0 aliphatic rings. The van der Waals surface area contributed by atoms with Gasteiger partial charge in [-0.05, 0) is 52.0 Å². The molecule has 0 unspecified atom stereocenters. The van der Waals surface area contributed by atoms with Gasteiger partial charge in [0.15, 0.2) is 0 Å². The maximum Gasteiger partial charge on any atom is 0.408 e. The summed E-state index contributed by atoms with van der Waals surface area (Å²) in [4.78, 5) is 21.0. The van der Waals surface area contributed by atoms with Crippen molar-refractivity contribution in [3.8, 4) is 5.82 Å². The smallest absolute Gasteiger partial charge is 0.408 e. The number of ether oxygens (including phenoxy) is 1. The maximum absolute atomic E-state index is 13.8. The number of hydrogen-bond donors (Lipinski definition) is 1. The van der Waals surface area contributed by atoms with Crippen molar-refractivity contribution in [2.45, 2.75) is 39.3 Å². The van der Waals surface area contributed by atoms with Crippen LogP contribution >= 0.6 is 0 Å². The first-order valence-corrected chi connectivity index (χ1v) is 8.33. The van der Waals surface area contributed by atoms with Crippen molar-refractivity contribution in [3.63, 3.8) is 0 Å². The first-order chi connectivity index (χ1) is 12.2. The van der Waals surface area contributed by atoms with Gasteiger partial charge in [-0.3, -0.25) is 4.57 Å². The number of imidazole rings is 1. The highest BCUT2D eigenvalue weighted by Crippen LogP contribution is 2.25. The highest BCUT2D eigenvalue weighted by atomic mass is 19.1. The van der Waals surface area contributed by atoms with Crippen LogP contribution in [0.4, 0.5) is 9.18 Å². The molecule has 1 atom stereocenters. The summed E-state index contributed by atoms with van der Waals surface area (Å²) in [6.07, 6.45) is 1.10. The molecule has 0 saturated heterocycles. The van der Waals surface area contributed by atoms with Crippen LogP contribution in [0.1, 0.15) is 39.6 Å². The van der Waals surface area contributed by atoms with Gasteiger partial charge in [-0.15, -0.1) is 0 Å². The maximum atomic E-state index is 13.8. The average Bonchev–Trinajstić information content (AvgIpc) is 2.92. The number of amides is 1. The summed E-state index contributed by atoms with van der Waals surface area (Å²) in [6, 6.07) is 9.33. The lowest BCUT2D eigenvalue weighted by atomic mass is 10.2. The number of alkyl carbamates (subject to hydrolysis) is 1. The van der Waals surface area contributed by atoms with E-state index in [2.05, 4.69) is 15.3 Å². The lowest BCUT2D eigenvalue weighted by Crippen LogP contribution is -2.34. The number of carbonyl (C=O) groups excluding carboxylic acids is 1. The van der Waals surface area contributed by atoms with E-state index in [0.717, 1.165) is 0 Å². The Kier molecular flexibility index (Phi) is 4.63. The molecule has 0 saturated carbocycles. The van der Waals surface area contributed by atoms with Crippen LogP contribution in [0.15, 0.2) is 42.6 Å². The fraction of sp³-hybridized carbons (Fsp3) is 0.316. The molecule has 0 fully saturated rings. The largest absolute Gasteiger partial charge is 0.444 e. The Morgan fingerprint density at radius 1 is 1.27 bits per heavy atom. The predicted octanol–water partition coefficient (Wildman–Crippen LogP) is 4.15. The van der Waals surface area contributed by atoms with E-state index in [9.17, 15) is 9.18 Å². The van der Waals surface area contributed by atoms with Gasteiger partial charge in [-0.2, -0.15) is 0 Å². The van der Waals surface area contributed by atoms with E-state index < -0.39 is 17.7 Å². The number of benzene rings is 1. The predicted molar refractivity (Wildman–Crippen MR) is 96.6 cm³/mol. The van der Waals surface area contributed by atoms with Crippen LogP contribution in [-0.4, -0.2) is 26.2 Å². The van der Waals surface area contributed by atoms with Crippen molar-refractivity contribution in [1.82, 2.24) is 19.9 Å². The zero-order chi connectivity index (χ0) is 18.9. The highest BCUT2D eigenvalue weighted by Gasteiger charge is 2.23. The first kappa shape index (κ1) is 17.8. The second-order valence-corrected chi connectivity index (χ2v) is 6.99. The molecule has 3 aromatic rings. The minimum absolute atomic E-state index is 0.367. The minimum atomic E-state index is -0.603. The summed E-state index contributed by atoms with van der Waals surface area (Å²) in [5, 5.41) is 2.77. The lowest BCUT2D eigenvalue weighted by Gasteiger charge is -2.22. The molecule has 0 spiro atoms. The molecule has 6 nitrogen and oxygen atoms in total. The quantitative estimate of drug-likeness (QED) is 0.765. The Balaban J connectivity index is 2.04. The number of carbonyl (C=O) groups is 1. The lowest BCUT2D eigenvalue weighted by molar-refractivity contribution is 0.0505. The minimum Gasteiger partial charge on any atom is -0.444 e. The molecular formula is C19H21FN4O2. The van der Waals surface area contributed by atoms with Crippen LogP contribution in [0.25, 0.3) is 16.9 Å². The standard InChI is InChI=1S/C19H21FN4O2/c1-12(22-18(25)26-19(2,3)4)17-23-14-9-8-13(20)11-15(14)24(17)16-7-5-6-10-21-16/h5-12H,1-4H3,(H,22,25)/t12-/m0/s1. The number of halogens is 1. The second-order valence-electron chi connectivity index (χ2n) is 6.99. The molecule has 0 aliphatic carbocycles. The Labute approximate surface area is 151 Å². The Bertz CT molecular complexity index is 932. The Hall–Kier alpha value is -2.96. The zero-order valence-corrected chi connectivity index (χ0v) is 15.2. The van der Waals surface area contributed by atoms with Gasteiger partial charge in [0.1, 0.15) is 23.1 Å². The molecule has 2 heterocycles. The van der Waals surface area contributed by atoms with Gasteiger partial charge in [-0.1, -0.05) is 6.07 Å². The normalized spacial score (nSPS) is 12.8. The van der Waals surface area contributed by atoms with Crippen molar-refractivity contribution in [2.75, 3.05) is 0 Å². The van der Waals surface area contributed by atoms with Gasteiger partial charge >= 0.3 is 6.09 Å². The molecule has 26 heavy (non-hydrogen) atoms. The fourth-order valence-electron chi connectivity index (χ4n) is 2.63. The van der Waals surface area contributed by atoms with E-state index in [1.807, 2.05) is 6.07 Å². The van der Waals surface area contributed by atoms with E-state index in [0.29, 0.717) is 22.7 Å². The molecule has 0 radical (unpaired) electrons. The van der Waals surface area contributed by atoms with Gasteiger partial charge in [0.2, 0.25) is 0 Å². The van der Waals surface area contributed by atoms with E-state index in [1.165, 1.54) is 12.1 Å².